The van der Waals surface area contributed by atoms with Gasteiger partial charge in [-0.05, 0) is 29.1 Å². The number of hydrogen-bond donors (Lipinski definition) is 2. The molecular formula is C15H17NO3S2. The van der Waals surface area contributed by atoms with Crippen molar-refractivity contribution in [1.29, 1.82) is 0 Å². The molecule has 0 spiro atoms. The molecule has 4 nitrogen and oxygen atoms in total. The van der Waals surface area contributed by atoms with Crippen molar-refractivity contribution in [3.63, 3.8) is 0 Å². The van der Waals surface area contributed by atoms with Gasteiger partial charge in [0.05, 0.1) is 10.3 Å². The Morgan fingerprint density at radius 2 is 2.19 bits per heavy atom. The molecule has 0 aliphatic carbocycles. The number of aliphatic hydroxyl groups is 1. The number of thioether (sulfide) groups is 1. The quantitative estimate of drug-likeness (QED) is 0.767. The Hall–Kier alpha value is -1.21. The van der Waals surface area contributed by atoms with Crippen LogP contribution in [-0.2, 0) is 6.54 Å². The highest BCUT2D eigenvalue weighted by molar-refractivity contribution is 8.01. The molecule has 3 rings (SSSR count). The number of ether oxygens (including phenoxy) is 2. The zero-order valence-electron chi connectivity index (χ0n) is 11.5. The van der Waals surface area contributed by atoms with Gasteiger partial charge in [0.1, 0.15) is 0 Å². The first-order valence-electron chi connectivity index (χ1n) is 6.75. The minimum absolute atomic E-state index is 0.297. The lowest BCUT2D eigenvalue weighted by atomic mass is 10.2. The number of rotatable bonds is 7. The number of hydrogen-bond acceptors (Lipinski definition) is 6. The van der Waals surface area contributed by atoms with Crippen LogP contribution in [0.2, 0.25) is 0 Å². The summed E-state index contributed by atoms with van der Waals surface area (Å²) in [7, 11) is 0. The second-order valence-electron chi connectivity index (χ2n) is 4.72. The van der Waals surface area contributed by atoms with Crippen molar-refractivity contribution in [3.8, 4) is 11.5 Å². The highest BCUT2D eigenvalue weighted by atomic mass is 32.2. The van der Waals surface area contributed by atoms with E-state index in [1.165, 1.54) is 4.21 Å². The highest BCUT2D eigenvalue weighted by Crippen LogP contribution is 2.32. The topological polar surface area (TPSA) is 50.7 Å². The molecule has 112 valence electrons. The van der Waals surface area contributed by atoms with E-state index >= 15 is 0 Å². The van der Waals surface area contributed by atoms with Crippen molar-refractivity contribution < 1.29 is 14.6 Å². The molecule has 0 fully saturated rings. The van der Waals surface area contributed by atoms with Gasteiger partial charge >= 0.3 is 0 Å². The van der Waals surface area contributed by atoms with Gasteiger partial charge in [-0.1, -0.05) is 12.1 Å². The number of nitrogens with one attached hydrogen (secondary N) is 1. The molecule has 0 bridgehead atoms. The maximum atomic E-state index is 9.96. The third kappa shape index (κ3) is 4.14. The molecule has 1 aromatic heterocycles. The van der Waals surface area contributed by atoms with E-state index in [9.17, 15) is 5.11 Å². The first-order valence-corrected chi connectivity index (χ1v) is 8.61. The number of aliphatic hydroxyl groups excluding tert-OH is 1. The fourth-order valence-corrected chi connectivity index (χ4v) is 3.76. The van der Waals surface area contributed by atoms with Gasteiger partial charge in [0, 0.05) is 18.8 Å². The van der Waals surface area contributed by atoms with Crippen molar-refractivity contribution in [2.45, 2.75) is 16.9 Å². The minimum Gasteiger partial charge on any atom is -0.454 e. The van der Waals surface area contributed by atoms with Gasteiger partial charge in [-0.2, -0.15) is 0 Å². The normalized spacial score (nSPS) is 14.3. The summed E-state index contributed by atoms with van der Waals surface area (Å²) < 4.78 is 11.9. The lowest BCUT2D eigenvalue weighted by Crippen LogP contribution is -2.28. The summed E-state index contributed by atoms with van der Waals surface area (Å²) in [6.45, 7) is 1.58. The fraction of sp³-hybridized carbons (Fsp3) is 0.333. The highest BCUT2D eigenvalue weighted by Gasteiger charge is 2.13. The van der Waals surface area contributed by atoms with Gasteiger partial charge in [-0.25, -0.2) is 0 Å². The monoisotopic (exact) mass is 323 g/mol. The lowest BCUT2D eigenvalue weighted by molar-refractivity contribution is 0.174. The molecular weight excluding hydrogens is 306 g/mol. The maximum Gasteiger partial charge on any atom is 0.231 e. The Bertz CT molecular complexity index is 574. The van der Waals surface area contributed by atoms with Crippen LogP contribution in [0, 0.1) is 0 Å². The molecule has 2 heterocycles. The number of fused-ring (bicyclic) bond motifs is 1. The van der Waals surface area contributed by atoms with Gasteiger partial charge in [-0.3, -0.25) is 0 Å². The zero-order chi connectivity index (χ0) is 14.5. The van der Waals surface area contributed by atoms with E-state index in [1.807, 2.05) is 29.6 Å². The SMILES string of the molecule is O[C@@H](CNCc1ccc2c(c1)OCO2)CSc1cccs1. The Morgan fingerprint density at radius 1 is 1.29 bits per heavy atom. The third-order valence-corrected chi connectivity index (χ3v) is 5.33. The van der Waals surface area contributed by atoms with Crippen LogP contribution in [-0.4, -0.2) is 30.3 Å². The van der Waals surface area contributed by atoms with Crippen LogP contribution in [0.15, 0.2) is 39.9 Å². The van der Waals surface area contributed by atoms with Crippen LogP contribution in [0.3, 0.4) is 0 Å². The molecule has 6 heteroatoms. The van der Waals surface area contributed by atoms with E-state index in [2.05, 4.69) is 11.4 Å². The molecule has 0 unspecified atom stereocenters. The summed E-state index contributed by atoms with van der Waals surface area (Å²) in [6, 6.07) is 10.00. The minimum atomic E-state index is -0.355. The van der Waals surface area contributed by atoms with Gasteiger partial charge in [0.2, 0.25) is 6.79 Å². The molecule has 1 aromatic carbocycles. The molecule has 21 heavy (non-hydrogen) atoms. The van der Waals surface area contributed by atoms with E-state index in [-0.39, 0.29) is 6.10 Å². The van der Waals surface area contributed by atoms with Crippen LogP contribution in [0.4, 0.5) is 0 Å². The largest absolute Gasteiger partial charge is 0.454 e. The fourth-order valence-electron chi connectivity index (χ4n) is 2.02. The van der Waals surface area contributed by atoms with Crippen LogP contribution >= 0.6 is 23.1 Å². The zero-order valence-corrected chi connectivity index (χ0v) is 13.1. The Morgan fingerprint density at radius 3 is 3.05 bits per heavy atom. The average Bonchev–Trinajstić information content (AvgIpc) is 3.16. The summed E-state index contributed by atoms with van der Waals surface area (Å²) in [6.07, 6.45) is -0.355. The van der Waals surface area contributed by atoms with E-state index in [4.69, 9.17) is 9.47 Å². The van der Waals surface area contributed by atoms with Gasteiger partial charge in [0.15, 0.2) is 11.5 Å². The molecule has 1 atom stereocenters. The lowest BCUT2D eigenvalue weighted by Gasteiger charge is -2.11. The van der Waals surface area contributed by atoms with E-state index in [0.29, 0.717) is 25.6 Å². The first kappa shape index (κ1) is 14.7. The van der Waals surface area contributed by atoms with E-state index in [0.717, 1.165) is 17.1 Å². The Kier molecular flexibility index (Phi) is 5.03. The summed E-state index contributed by atoms with van der Waals surface area (Å²) in [5, 5.41) is 15.3. The van der Waals surface area contributed by atoms with Gasteiger partial charge in [-0.15, -0.1) is 23.1 Å². The predicted octanol–water partition coefficient (Wildman–Crippen LogP) is 2.72. The Labute approximate surface area is 132 Å². The second kappa shape index (κ2) is 7.17. The summed E-state index contributed by atoms with van der Waals surface area (Å²) >= 11 is 3.39. The third-order valence-electron chi connectivity index (χ3n) is 3.06. The van der Waals surface area contributed by atoms with Crippen LogP contribution < -0.4 is 14.8 Å². The summed E-state index contributed by atoms with van der Waals surface area (Å²) in [4.78, 5) is 0. The smallest absolute Gasteiger partial charge is 0.231 e. The predicted molar refractivity (Wildman–Crippen MR) is 85.3 cm³/mol. The van der Waals surface area contributed by atoms with Crippen LogP contribution in [0.5, 0.6) is 11.5 Å². The van der Waals surface area contributed by atoms with E-state index < -0.39 is 0 Å². The molecule has 1 aliphatic heterocycles. The number of benzene rings is 1. The molecule has 0 saturated heterocycles. The molecule has 2 N–H and O–H groups in total. The molecule has 1 aliphatic rings. The molecule has 2 aromatic rings. The maximum absolute atomic E-state index is 9.96. The summed E-state index contributed by atoms with van der Waals surface area (Å²) in [5.41, 5.74) is 1.12. The second-order valence-corrected chi connectivity index (χ2v) is 6.98. The van der Waals surface area contributed by atoms with Crippen LogP contribution in [0.25, 0.3) is 0 Å². The molecule has 0 saturated carbocycles. The van der Waals surface area contributed by atoms with Crippen molar-refractivity contribution in [2.75, 3.05) is 19.1 Å². The van der Waals surface area contributed by atoms with Crippen LogP contribution in [0.1, 0.15) is 5.56 Å². The summed E-state index contributed by atoms with van der Waals surface area (Å²) in [5.74, 6) is 2.29. The standard InChI is InChI=1S/C15H17NO3S2/c17-12(9-21-15-2-1-5-20-15)8-16-7-11-3-4-13-14(6-11)19-10-18-13/h1-6,12,16-17H,7-10H2/t12-/m0/s1. The van der Waals surface area contributed by atoms with Gasteiger partial charge in [0.25, 0.3) is 0 Å². The van der Waals surface area contributed by atoms with E-state index in [1.54, 1.807) is 23.1 Å². The molecule has 0 amide bonds. The van der Waals surface area contributed by atoms with Gasteiger partial charge < -0.3 is 19.9 Å². The first-order chi connectivity index (χ1) is 10.3. The van der Waals surface area contributed by atoms with Crippen molar-refractivity contribution >= 4 is 23.1 Å². The van der Waals surface area contributed by atoms with Crippen molar-refractivity contribution in [2.24, 2.45) is 0 Å². The van der Waals surface area contributed by atoms with Crippen molar-refractivity contribution in [3.05, 3.63) is 41.3 Å². The number of thiophene rings is 1. The average molecular weight is 323 g/mol. The van der Waals surface area contributed by atoms with Crippen molar-refractivity contribution in [1.82, 2.24) is 5.32 Å². The molecule has 0 radical (unpaired) electrons. The Balaban J connectivity index is 1.39.